The van der Waals surface area contributed by atoms with Crippen LogP contribution in [0, 0.1) is 0 Å². The highest BCUT2D eigenvalue weighted by Gasteiger charge is 2.28. The molecule has 1 aromatic carbocycles. The highest BCUT2D eigenvalue weighted by atomic mass is 16.2. The van der Waals surface area contributed by atoms with Crippen LogP contribution in [0.4, 0.5) is 5.69 Å². The fourth-order valence-electron chi connectivity index (χ4n) is 2.26. The number of nitrogens with two attached hydrogens (primary N) is 1. The molecule has 0 saturated heterocycles. The lowest BCUT2D eigenvalue weighted by molar-refractivity contribution is 0.0978. The van der Waals surface area contributed by atoms with Crippen LogP contribution < -0.4 is 10.6 Å². The maximum atomic E-state index is 12.3. The minimum Gasteiger partial charge on any atom is -0.326 e. The van der Waals surface area contributed by atoms with E-state index in [0.717, 1.165) is 17.7 Å². The van der Waals surface area contributed by atoms with Gasteiger partial charge in [0.1, 0.15) is 0 Å². The fraction of sp³-hybridized carbons (Fsp3) is 0.250. The molecule has 1 atom stereocenters. The molecule has 2 heterocycles. The summed E-state index contributed by atoms with van der Waals surface area (Å²) in [6.07, 6.45) is 2.21. The zero-order valence-corrected chi connectivity index (χ0v) is 9.71. The van der Waals surface area contributed by atoms with E-state index in [9.17, 15) is 4.79 Å². The van der Waals surface area contributed by atoms with Gasteiger partial charge in [0, 0.05) is 18.3 Å². The van der Waals surface area contributed by atoms with Gasteiger partial charge in [-0.2, -0.15) is 15.4 Å². The van der Waals surface area contributed by atoms with E-state index in [-0.39, 0.29) is 11.9 Å². The van der Waals surface area contributed by atoms with E-state index >= 15 is 0 Å². The van der Waals surface area contributed by atoms with Crippen LogP contribution in [-0.2, 0) is 6.42 Å². The number of benzene rings is 1. The van der Waals surface area contributed by atoms with E-state index in [1.54, 1.807) is 4.90 Å². The molecule has 6 heteroatoms. The van der Waals surface area contributed by atoms with Crippen LogP contribution >= 0.6 is 0 Å². The van der Waals surface area contributed by atoms with Crippen molar-refractivity contribution >= 4 is 11.6 Å². The van der Waals surface area contributed by atoms with Gasteiger partial charge in [0.25, 0.3) is 5.91 Å². The summed E-state index contributed by atoms with van der Waals surface area (Å²) in [7, 11) is 0. The summed E-state index contributed by atoms with van der Waals surface area (Å²) in [5, 5.41) is 9.93. The molecule has 1 aliphatic heterocycles. The summed E-state index contributed by atoms with van der Waals surface area (Å²) in [6, 6.07) is 7.75. The van der Waals surface area contributed by atoms with Crippen molar-refractivity contribution in [1.82, 2.24) is 15.4 Å². The molecule has 0 radical (unpaired) electrons. The lowest BCUT2D eigenvalue weighted by Gasteiger charge is -2.32. The fourth-order valence-corrected chi connectivity index (χ4v) is 2.26. The first-order chi connectivity index (χ1) is 8.75. The number of fused-ring (bicyclic) bond motifs is 1. The normalized spacial score (nSPS) is 18.5. The third kappa shape index (κ3) is 1.76. The van der Waals surface area contributed by atoms with Gasteiger partial charge in [-0.3, -0.25) is 4.79 Å². The van der Waals surface area contributed by atoms with E-state index in [1.165, 1.54) is 6.20 Å². The van der Waals surface area contributed by atoms with E-state index in [1.807, 2.05) is 24.3 Å². The predicted octanol–water partition coefficient (Wildman–Crippen LogP) is 0.335. The third-order valence-electron chi connectivity index (χ3n) is 3.06. The molecule has 1 aromatic heterocycles. The second-order valence-corrected chi connectivity index (χ2v) is 4.36. The predicted molar refractivity (Wildman–Crippen MR) is 66.2 cm³/mol. The van der Waals surface area contributed by atoms with Crippen molar-refractivity contribution in [3.05, 3.63) is 41.7 Å². The Bertz CT molecular complexity index is 566. The monoisotopic (exact) mass is 243 g/mol. The topological polar surface area (TPSA) is 87.9 Å². The lowest BCUT2D eigenvalue weighted by Crippen LogP contribution is -2.46. The molecule has 6 nitrogen and oxygen atoms in total. The highest BCUT2D eigenvalue weighted by Crippen LogP contribution is 2.27. The molecule has 0 bridgehead atoms. The molecule has 2 aromatic rings. The quantitative estimate of drug-likeness (QED) is 0.755. The Labute approximate surface area is 104 Å². The summed E-state index contributed by atoms with van der Waals surface area (Å²) in [5.41, 5.74) is 8.30. The largest absolute Gasteiger partial charge is 0.326 e. The first kappa shape index (κ1) is 10.9. The summed E-state index contributed by atoms with van der Waals surface area (Å²) in [6.45, 7) is 0.503. The van der Waals surface area contributed by atoms with E-state index in [0.29, 0.717) is 12.2 Å². The average Bonchev–Trinajstić information content (AvgIpc) is 2.90. The van der Waals surface area contributed by atoms with E-state index < -0.39 is 0 Å². The van der Waals surface area contributed by atoms with E-state index in [4.69, 9.17) is 5.73 Å². The van der Waals surface area contributed by atoms with Crippen LogP contribution in [0.1, 0.15) is 16.1 Å². The van der Waals surface area contributed by atoms with Crippen molar-refractivity contribution in [2.45, 2.75) is 12.5 Å². The first-order valence-corrected chi connectivity index (χ1v) is 5.77. The number of para-hydroxylation sites is 1. The Morgan fingerprint density at radius 2 is 2.28 bits per heavy atom. The van der Waals surface area contributed by atoms with Crippen molar-refractivity contribution in [1.29, 1.82) is 0 Å². The number of nitrogens with one attached hydrogen (secondary N) is 1. The maximum absolute atomic E-state index is 12.3. The van der Waals surface area contributed by atoms with Crippen LogP contribution in [0.25, 0.3) is 0 Å². The Morgan fingerprint density at radius 3 is 3.06 bits per heavy atom. The molecule has 0 saturated carbocycles. The molecular formula is C12H13N5O. The maximum Gasteiger partial charge on any atom is 0.280 e. The van der Waals surface area contributed by atoms with Gasteiger partial charge >= 0.3 is 0 Å². The minimum atomic E-state index is -0.175. The number of hydrogen-bond donors (Lipinski definition) is 2. The van der Waals surface area contributed by atoms with Crippen molar-refractivity contribution < 1.29 is 4.79 Å². The van der Waals surface area contributed by atoms with Gasteiger partial charge < -0.3 is 10.6 Å². The highest BCUT2D eigenvalue weighted by molar-refractivity contribution is 6.05. The summed E-state index contributed by atoms with van der Waals surface area (Å²) >= 11 is 0. The number of H-pyrrole nitrogens is 1. The molecule has 1 unspecified atom stereocenters. The van der Waals surface area contributed by atoms with Crippen LogP contribution in [-0.4, -0.2) is 33.9 Å². The summed E-state index contributed by atoms with van der Waals surface area (Å²) in [5.74, 6) is -0.175. The van der Waals surface area contributed by atoms with Crippen molar-refractivity contribution in [2.75, 3.05) is 11.4 Å². The standard InChI is InChI=1S/C12H13N5O/c13-9-5-8-3-1-2-4-11(8)17(7-9)12(18)10-6-14-16-15-10/h1-4,6,9H,5,7,13H2,(H,14,15,16). The molecule has 3 rings (SSSR count). The van der Waals surface area contributed by atoms with E-state index in [2.05, 4.69) is 15.4 Å². The molecule has 92 valence electrons. The molecule has 1 aliphatic rings. The van der Waals surface area contributed by atoms with Crippen LogP contribution in [0.5, 0.6) is 0 Å². The smallest absolute Gasteiger partial charge is 0.280 e. The van der Waals surface area contributed by atoms with Crippen LogP contribution in [0.2, 0.25) is 0 Å². The molecule has 18 heavy (non-hydrogen) atoms. The zero-order chi connectivity index (χ0) is 12.5. The Morgan fingerprint density at radius 1 is 1.44 bits per heavy atom. The summed E-state index contributed by atoms with van der Waals surface area (Å²) in [4.78, 5) is 14.0. The second-order valence-electron chi connectivity index (χ2n) is 4.36. The zero-order valence-electron chi connectivity index (χ0n) is 9.71. The van der Waals surface area contributed by atoms with Crippen molar-refractivity contribution in [3.8, 4) is 0 Å². The van der Waals surface area contributed by atoms with Gasteiger partial charge in [0.2, 0.25) is 0 Å². The van der Waals surface area contributed by atoms with Crippen molar-refractivity contribution in [3.63, 3.8) is 0 Å². The van der Waals surface area contributed by atoms with Crippen LogP contribution in [0.3, 0.4) is 0 Å². The van der Waals surface area contributed by atoms with Gasteiger partial charge in [-0.25, -0.2) is 0 Å². The van der Waals surface area contributed by atoms with Crippen molar-refractivity contribution in [2.24, 2.45) is 5.73 Å². The first-order valence-electron chi connectivity index (χ1n) is 5.77. The number of nitrogens with zero attached hydrogens (tertiary/aromatic N) is 3. The number of aromatic amines is 1. The molecule has 0 aliphatic carbocycles. The lowest BCUT2D eigenvalue weighted by atomic mass is 9.98. The number of carbonyl (C=O) groups excluding carboxylic acids is 1. The SMILES string of the molecule is NC1Cc2ccccc2N(C(=O)c2cn[nH]n2)C1. The molecule has 1 amide bonds. The number of anilines is 1. The van der Waals surface area contributed by atoms with Gasteiger partial charge in [-0.05, 0) is 18.1 Å². The summed E-state index contributed by atoms with van der Waals surface area (Å²) < 4.78 is 0. The van der Waals surface area contributed by atoms with Crippen LogP contribution in [0.15, 0.2) is 30.5 Å². The molecular weight excluding hydrogens is 230 g/mol. The Kier molecular flexibility index (Phi) is 2.56. The van der Waals surface area contributed by atoms with Gasteiger partial charge in [-0.1, -0.05) is 18.2 Å². The Hall–Kier alpha value is -2.21. The molecule has 3 N–H and O–H groups in total. The number of amides is 1. The van der Waals surface area contributed by atoms with Gasteiger partial charge in [-0.15, -0.1) is 0 Å². The van der Waals surface area contributed by atoms with Gasteiger partial charge in [0.05, 0.1) is 6.20 Å². The Balaban J connectivity index is 2.00. The number of carbonyl (C=O) groups is 1. The number of hydrogen-bond acceptors (Lipinski definition) is 4. The second kappa shape index (κ2) is 4.23. The average molecular weight is 243 g/mol. The minimum absolute atomic E-state index is 0.0456. The third-order valence-corrected chi connectivity index (χ3v) is 3.06. The molecule has 0 spiro atoms. The number of aromatic nitrogens is 3. The van der Waals surface area contributed by atoms with Gasteiger partial charge in [0.15, 0.2) is 5.69 Å². The number of rotatable bonds is 1. The molecule has 0 fully saturated rings.